The molecule has 0 aliphatic carbocycles. The molecule has 2 unspecified atom stereocenters. The van der Waals surface area contributed by atoms with E-state index < -0.39 is 17.6 Å². The first-order valence-electron chi connectivity index (χ1n) is 9.93. The maximum atomic E-state index is 14.1. The summed E-state index contributed by atoms with van der Waals surface area (Å²) in [6.07, 6.45) is 0.859. The molecule has 0 aromatic heterocycles. The van der Waals surface area contributed by atoms with Gasteiger partial charge in [0.2, 0.25) is 5.91 Å². The van der Waals surface area contributed by atoms with Crippen LogP contribution in [0.3, 0.4) is 0 Å². The topological polar surface area (TPSA) is 49.4 Å². The van der Waals surface area contributed by atoms with Crippen molar-refractivity contribution in [2.45, 2.75) is 26.2 Å². The molecular formula is C23H26F2N2O2. The lowest BCUT2D eigenvalue weighted by molar-refractivity contribution is -0.124. The summed E-state index contributed by atoms with van der Waals surface area (Å²) in [6.45, 7) is 5.20. The van der Waals surface area contributed by atoms with Crippen molar-refractivity contribution in [2.24, 2.45) is 11.8 Å². The van der Waals surface area contributed by atoms with Crippen LogP contribution in [0, 0.1) is 23.5 Å². The molecule has 1 aliphatic rings. The molecule has 0 spiro atoms. The van der Waals surface area contributed by atoms with Gasteiger partial charge < -0.3 is 10.2 Å². The van der Waals surface area contributed by atoms with Gasteiger partial charge in [-0.1, -0.05) is 38.1 Å². The molecule has 1 heterocycles. The first kappa shape index (κ1) is 21.0. The van der Waals surface area contributed by atoms with Crippen LogP contribution in [-0.2, 0) is 4.79 Å². The minimum atomic E-state index is -0.583. The van der Waals surface area contributed by atoms with Crippen LogP contribution in [-0.4, -0.2) is 36.3 Å². The monoisotopic (exact) mass is 400 g/mol. The lowest BCUT2D eigenvalue weighted by atomic mass is 9.88. The Bertz CT molecular complexity index is 867. The van der Waals surface area contributed by atoms with Crippen molar-refractivity contribution >= 4 is 11.8 Å². The molecule has 2 aromatic carbocycles. The summed E-state index contributed by atoms with van der Waals surface area (Å²) in [5.41, 5.74) is 0.783. The van der Waals surface area contributed by atoms with Crippen molar-refractivity contribution in [2.75, 3.05) is 19.6 Å². The highest BCUT2D eigenvalue weighted by Gasteiger charge is 2.40. The van der Waals surface area contributed by atoms with Gasteiger partial charge in [0.15, 0.2) is 0 Å². The predicted molar refractivity (Wildman–Crippen MR) is 107 cm³/mol. The van der Waals surface area contributed by atoms with Crippen molar-refractivity contribution < 1.29 is 18.4 Å². The SMILES string of the molecule is CC(C)CCNC(=O)C1CN(C(=O)c2ccccc2F)CC1c1ccc(F)cc1. The van der Waals surface area contributed by atoms with Gasteiger partial charge in [0.1, 0.15) is 11.6 Å². The Hall–Kier alpha value is -2.76. The number of hydrogen-bond acceptors (Lipinski definition) is 2. The molecule has 6 heteroatoms. The maximum absolute atomic E-state index is 14.1. The smallest absolute Gasteiger partial charge is 0.256 e. The molecule has 0 bridgehead atoms. The molecule has 0 saturated carbocycles. The highest BCUT2D eigenvalue weighted by Crippen LogP contribution is 2.34. The molecule has 1 N–H and O–H groups in total. The number of likely N-dealkylation sites (tertiary alicyclic amines) is 1. The number of benzene rings is 2. The number of halogens is 2. The zero-order chi connectivity index (χ0) is 21.0. The fourth-order valence-electron chi connectivity index (χ4n) is 3.70. The summed E-state index contributed by atoms with van der Waals surface area (Å²) in [4.78, 5) is 27.2. The number of amides is 2. The Kier molecular flexibility index (Phi) is 6.62. The Morgan fingerprint density at radius 2 is 1.76 bits per heavy atom. The van der Waals surface area contributed by atoms with Crippen LogP contribution < -0.4 is 5.32 Å². The molecule has 1 aliphatic heterocycles. The minimum absolute atomic E-state index is 0.00813. The third-order valence-corrected chi connectivity index (χ3v) is 5.37. The number of nitrogens with one attached hydrogen (secondary N) is 1. The summed E-state index contributed by atoms with van der Waals surface area (Å²) < 4.78 is 27.4. The van der Waals surface area contributed by atoms with Gasteiger partial charge in [-0.2, -0.15) is 0 Å². The van der Waals surface area contributed by atoms with Crippen LogP contribution >= 0.6 is 0 Å². The Morgan fingerprint density at radius 3 is 2.41 bits per heavy atom. The van der Waals surface area contributed by atoms with Crippen molar-refractivity contribution in [3.8, 4) is 0 Å². The van der Waals surface area contributed by atoms with E-state index in [2.05, 4.69) is 19.2 Å². The average Bonchev–Trinajstić information content (AvgIpc) is 3.13. The van der Waals surface area contributed by atoms with Crippen LogP contribution in [0.15, 0.2) is 48.5 Å². The Labute approximate surface area is 169 Å². The lowest BCUT2D eigenvalue weighted by Gasteiger charge is -2.18. The fourth-order valence-corrected chi connectivity index (χ4v) is 3.70. The van der Waals surface area contributed by atoms with Crippen molar-refractivity contribution in [3.05, 3.63) is 71.3 Å². The summed E-state index contributed by atoms with van der Waals surface area (Å²) in [7, 11) is 0. The van der Waals surface area contributed by atoms with Gasteiger partial charge >= 0.3 is 0 Å². The number of carbonyl (C=O) groups excluding carboxylic acids is 2. The zero-order valence-electron chi connectivity index (χ0n) is 16.7. The van der Waals surface area contributed by atoms with Crippen LogP contribution in [0.1, 0.15) is 42.1 Å². The quantitative estimate of drug-likeness (QED) is 0.797. The van der Waals surface area contributed by atoms with Gasteiger partial charge in [0.25, 0.3) is 5.91 Å². The Balaban J connectivity index is 1.81. The van der Waals surface area contributed by atoms with Gasteiger partial charge in [-0.15, -0.1) is 0 Å². The van der Waals surface area contributed by atoms with Crippen molar-refractivity contribution in [1.82, 2.24) is 10.2 Å². The van der Waals surface area contributed by atoms with Gasteiger partial charge in [0.05, 0.1) is 11.5 Å². The number of nitrogens with zero attached hydrogens (tertiary/aromatic N) is 1. The molecule has 2 aromatic rings. The largest absolute Gasteiger partial charge is 0.356 e. The molecule has 3 rings (SSSR count). The molecule has 1 saturated heterocycles. The normalized spacial score (nSPS) is 18.9. The second-order valence-corrected chi connectivity index (χ2v) is 7.93. The molecule has 2 amide bonds. The van der Waals surface area contributed by atoms with E-state index in [4.69, 9.17) is 0 Å². The zero-order valence-corrected chi connectivity index (χ0v) is 16.7. The van der Waals surface area contributed by atoms with Crippen LogP contribution in [0.25, 0.3) is 0 Å². The number of carbonyl (C=O) groups is 2. The van der Waals surface area contributed by atoms with E-state index in [9.17, 15) is 18.4 Å². The predicted octanol–water partition coefficient (Wildman–Crippen LogP) is 3.98. The second kappa shape index (κ2) is 9.16. The fraction of sp³-hybridized carbons (Fsp3) is 0.391. The summed E-state index contributed by atoms with van der Waals surface area (Å²) in [6, 6.07) is 11.8. The van der Waals surface area contributed by atoms with Crippen molar-refractivity contribution in [3.63, 3.8) is 0 Å². The summed E-state index contributed by atoms with van der Waals surface area (Å²) in [5, 5.41) is 2.95. The van der Waals surface area contributed by atoms with Gasteiger partial charge in [-0.05, 0) is 42.2 Å². The molecule has 1 fully saturated rings. The van der Waals surface area contributed by atoms with E-state index in [1.54, 1.807) is 18.2 Å². The highest BCUT2D eigenvalue weighted by atomic mass is 19.1. The third-order valence-electron chi connectivity index (χ3n) is 5.37. The summed E-state index contributed by atoms with van der Waals surface area (Å²) in [5.74, 6) is -1.79. The minimum Gasteiger partial charge on any atom is -0.356 e. The number of rotatable bonds is 6. The van der Waals surface area contributed by atoms with E-state index in [1.807, 2.05) is 0 Å². The average molecular weight is 400 g/mol. The van der Waals surface area contributed by atoms with Gasteiger partial charge in [0, 0.05) is 25.6 Å². The first-order chi connectivity index (χ1) is 13.9. The van der Waals surface area contributed by atoms with Crippen molar-refractivity contribution in [1.29, 1.82) is 0 Å². The first-order valence-corrected chi connectivity index (χ1v) is 9.93. The van der Waals surface area contributed by atoms with Gasteiger partial charge in [-0.3, -0.25) is 9.59 Å². The molecule has 2 atom stereocenters. The third kappa shape index (κ3) is 5.00. The van der Waals surface area contributed by atoms with E-state index in [-0.39, 0.29) is 36.3 Å². The second-order valence-electron chi connectivity index (χ2n) is 7.93. The van der Waals surface area contributed by atoms with Crippen LogP contribution in [0.2, 0.25) is 0 Å². The summed E-state index contributed by atoms with van der Waals surface area (Å²) >= 11 is 0. The molecule has 4 nitrogen and oxygen atoms in total. The molecular weight excluding hydrogens is 374 g/mol. The van der Waals surface area contributed by atoms with Crippen LogP contribution in [0.5, 0.6) is 0 Å². The number of hydrogen-bond donors (Lipinski definition) is 1. The van der Waals surface area contributed by atoms with E-state index in [1.165, 1.54) is 35.2 Å². The lowest BCUT2D eigenvalue weighted by Crippen LogP contribution is -2.36. The Morgan fingerprint density at radius 1 is 1.07 bits per heavy atom. The molecule has 0 radical (unpaired) electrons. The molecule has 29 heavy (non-hydrogen) atoms. The van der Waals surface area contributed by atoms with Crippen LogP contribution in [0.4, 0.5) is 8.78 Å². The highest BCUT2D eigenvalue weighted by molar-refractivity contribution is 5.95. The van der Waals surface area contributed by atoms with E-state index >= 15 is 0 Å². The van der Waals surface area contributed by atoms with E-state index in [0.29, 0.717) is 12.5 Å². The van der Waals surface area contributed by atoms with Gasteiger partial charge in [-0.25, -0.2) is 8.78 Å². The molecule has 154 valence electrons. The van der Waals surface area contributed by atoms with E-state index in [0.717, 1.165) is 12.0 Å². The maximum Gasteiger partial charge on any atom is 0.256 e. The standard InChI is InChI=1S/C23H26F2N2O2/c1-15(2)11-12-26-22(28)20-14-27(23(29)18-5-3-4-6-21(18)25)13-19(20)16-7-9-17(24)10-8-16/h3-10,15,19-20H,11-14H2,1-2H3,(H,26,28).